The molecule has 0 aliphatic rings. The number of halogens is 6. The van der Waals surface area contributed by atoms with Crippen LogP contribution in [0, 0.1) is 0 Å². The van der Waals surface area contributed by atoms with Crippen molar-refractivity contribution in [1.29, 1.82) is 0 Å². The van der Waals surface area contributed by atoms with Crippen LogP contribution in [0.3, 0.4) is 0 Å². The first-order valence-electron chi connectivity index (χ1n) is 10.4. The number of rotatable bonds is 9. The van der Waals surface area contributed by atoms with Crippen molar-refractivity contribution < 1.29 is 9.57 Å². The van der Waals surface area contributed by atoms with Crippen LogP contribution in [0.5, 0.6) is 5.75 Å². The second-order valence-electron chi connectivity index (χ2n) is 7.58. The van der Waals surface area contributed by atoms with Crippen molar-refractivity contribution >= 4 is 75.3 Å². The summed E-state index contributed by atoms with van der Waals surface area (Å²) in [6, 6.07) is 13.7. The second-order valence-corrected chi connectivity index (χ2v) is 10.1. The van der Waals surface area contributed by atoms with E-state index in [9.17, 15) is 0 Å². The fourth-order valence-electron chi connectivity index (χ4n) is 3.20. The Morgan fingerprint density at radius 1 is 0.778 bits per heavy atom. The third-order valence-corrected chi connectivity index (χ3v) is 6.76. The first-order chi connectivity index (χ1) is 17.3. The highest BCUT2D eigenvalue weighted by atomic mass is 35.5. The molecule has 0 atom stereocenters. The predicted molar refractivity (Wildman–Crippen MR) is 147 cm³/mol. The highest BCUT2D eigenvalue weighted by Gasteiger charge is 2.16. The van der Waals surface area contributed by atoms with E-state index in [1.165, 1.54) is 0 Å². The van der Waals surface area contributed by atoms with Crippen molar-refractivity contribution in [3.05, 3.63) is 114 Å². The number of imidazole rings is 1. The van der Waals surface area contributed by atoms with Gasteiger partial charge < -0.3 is 14.1 Å². The van der Waals surface area contributed by atoms with E-state index in [1.54, 1.807) is 61.1 Å². The molecule has 0 fully saturated rings. The van der Waals surface area contributed by atoms with Gasteiger partial charge in [0.2, 0.25) is 0 Å². The summed E-state index contributed by atoms with van der Waals surface area (Å²) in [5, 5.41) is 7.01. The lowest BCUT2D eigenvalue weighted by molar-refractivity contribution is 0.130. The molecule has 3 aromatic carbocycles. The van der Waals surface area contributed by atoms with Crippen molar-refractivity contribution in [2.75, 3.05) is 0 Å². The molecule has 186 valence electrons. The molecule has 36 heavy (non-hydrogen) atoms. The topological polar surface area (TPSA) is 48.6 Å². The maximum absolute atomic E-state index is 6.55. The van der Waals surface area contributed by atoms with Crippen LogP contribution in [0.25, 0.3) is 0 Å². The molecule has 0 amide bonds. The van der Waals surface area contributed by atoms with Crippen molar-refractivity contribution in [3.8, 4) is 5.75 Å². The number of aromatic nitrogens is 2. The van der Waals surface area contributed by atoms with Crippen molar-refractivity contribution in [2.24, 2.45) is 5.16 Å². The lowest BCUT2D eigenvalue weighted by Gasteiger charge is -2.14. The zero-order valence-electron chi connectivity index (χ0n) is 18.4. The molecule has 0 N–H and O–H groups in total. The van der Waals surface area contributed by atoms with Crippen LogP contribution < -0.4 is 4.74 Å². The molecule has 0 saturated heterocycles. The van der Waals surface area contributed by atoms with Gasteiger partial charge >= 0.3 is 0 Å². The Hall–Kier alpha value is -2.12. The van der Waals surface area contributed by atoms with Crippen LogP contribution in [0.2, 0.25) is 30.1 Å². The van der Waals surface area contributed by atoms with Gasteiger partial charge in [-0.3, -0.25) is 0 Å². The first-order valence-corrected chi connectivity index (χ1v) is 12.7. The second kappa shape index (κ2) is 12.4. The van der Waals surface area contributed by atoms with Crippen molar-refractivity contribution in [3.63, 3.8) is 0 Å². The normalized spacial score (nSPS) is 11.6. The lowest BCUT2D eigenvalue weighted by Crippen LogP contribution is -2.12. The number of ether oxygens (including phenoxy) is 1. The van der Waals surface area contributed by atoms with E-state index in [1.807, 2.05) is 10.8 Å². The molecule has 0 radical (unpaired) electrons. The molecule has 4 rings (SSSR count). The Balaban J connectivity index is 1.56. The molecule has 1 aromatic heterocycles. The summed E-state index contributed by atoms with van der Waals surface area (Å²) in [6.45, 7) is 0.672. The first kappa shape index (κ1) is 26.9. The molecular weight excluding hydrogens is 587 g/mol. The van der Waals surface area contributed by atoms with Gasteiger partial charge in [0.05, 0.1) is 22.9 Å². The third-order valence-electron chi connectivity index (χ3n) is 5.02. The fraction of sp³-hybridized carbons (Fsp3) is 0.120. The Morgan fingerprint density at radius 3 is 1.94 bits per heavy atom. The molecule has 5 nitrogen and oxygen atoms in total. The molecule has 4 aromatic rings. The third kappa shape index (κ3) is 7.00. The van der Waals surface area contributed by atoms with Gasteiger partial charge in [0.1, 0.15) is 18.9 Å². The van der Waals surface area contributed by atoms with Crippen LogP contribution in [-0.2, 0) is 24.6 Å². The lowest BCUT2D eigenvalue weighted by atomic mass is 10.1. The molecule has 0 saturated carbocycles. The summed E-state index contributed by atoms with van der Waals surface area (Å²) in [5.74, 6) is 0.323. The van der Waals surface area contributed by atoms with Gasteiger partial charge in [-0.25, -0.2) is 4.98 Å². The van der Waals surface area contributed by atoms with Gasteiger partial charge in [-0.05, 0) is 36.4 Å². The van der Waals surface area contributed by atoms with Gasteiger partial charge in [0.15, 0.2) is 5.75 Å². The van der Waals surface area contributed by atoms with Crippen LogP contribution >= 0.6 is 69.6 Å². The minimum Gasteiger partial charge on any atom is -0.486 e. The zero-order valence-corrected chi connectivity index (χ0v) is 22.9. The van der Waals surface area contributed by atoms with E-state index in [4.69, 9.17) is 79.2 Å². The van der Waals surface area contributed by atoms with Gasteiger partial charge in [0, 0.05) is 49.2 Å². The summed E-state index contributed by atoms with van der Waals surface area (Å²) in [6.07, 6.45) is 5.15. The highest BCUT2D eigenvalue weighted by Crippen LogP contribution is 2.36. The molecule has 11 heteroatoms. The SMILES string of the molecule is Clc1ccc(CO/N=C(\Cn2ccnc2)c2cc(Cl)c(OCc3ccc(Cl)cc3Cl)c(Cl)c2)c(Cl)c1. The minimum atomic E-state index is 0.147. The van der Waals surface area contributed by atoms with Crippen molar-refractivity contribution in [2.45, 2.75) is 19.8 Å². The summed E-state index contributed by atoms with van der Waals surface area (Å²) < 4.78 is 7.71. The maximum atomic E-state index is 6.55. The number of nitrogens with zero attached hydrogens (tertiary/aromatic N) is 3. The van der Waals surface area contributed by atoms with E-state index in [0.717, 1.165) is 11.1 Å². The summed E-state index contributed by atoms with van der Waals surface area (Å²) in [7, 11) is 0. The smallest absolute Gasteiger partial charge is 0.157 e. The van der Waals surface area contributed by atoms with Gasteiger partial charge in [-0.15, -0.1) is 0 Å². The Labute approximate surface area is 238 Å². The monoisotopic (exact) mass is 601 g/mol. The standard InChI is InChI=1S/C25H17Cl6N3O2/c26-18-3-1-15(20(28)9-18)12-35-25-22(30)7-17(8-23(25)31)24(11-34-6-5-32-14-34)33-36-13-16-2-4-19(27)10-21(16)29/h1-10,14H,11-13H2/b33-24+. The quantitative estimate of drug-likeness (QED) is 0.142. The molecular formula is C25H17Cl6N3O2. The highest BCUT2D eigenvalue weighted by molar-refractivity contribution is 6.38. The van der Waals surface area contributed by atoms with Crippen LogP contribution in [0.4, 0.5) is 0 Å². The molecule has 0 aliphatic heterocycles. The zero-order chi connectivity index (χ0) is 25.7. The molecule has 0 unspecified atom stereocenters. The minimum absolute atomic E-state index is 0.147. The largest absolute Gasteiger partial charge is 0.486 e. The average Bonchev–Trinajstić information content (AvgIpc) is 3.33. The number of hydrogen-bond donors (Lipinski definition) is 0. The van der Waals surface area contributed by atoms with Crippen LogP contribution in [0.1, 0.15) is 16.7 Å². The van der Waals surface area contributed by atoms with Crippen molar-refractivity contribution in [1.82, 2.24) is 9.55 Å². The number of oxime groups is 1. The van der Waals surface area contributed by atoms with E-state index < -0.39 is 0 Å². The van der Waals surface area contributed by atoms with Gasteiger partial charge in [0.25, 0.3) is 0 Å². The molecule has 1 heterocycles. The molecule has 0 bridgehead atoms. The van der Waals surface area contributed by atoms with E-state index in [0.29, 0.717) is 53.7 Å². The summed E-state index contributed by atoms with van der Waals surface area (Å²) in [5.41, 5.74) is 2.70. The maximum Gasteiger partial charge on any atom is 0.157 e. The fourth-order valence-corrected chi connectivity index (χ4v) is 4.72. The number of hydrogen-bond acceptors (Lipinski definition) is 4. The Kier molecular flexibility index (Phi) is 9.29. The van der Waals surface area contributed by atoms with Crippen LogP contribution in [-0.4, -0.2) is 15.3 Å². The van der Waals surface area contributed by atoms with E-state index in [-0.39, 0.29) is 13.2 Å². The summed E-state index contributed by atoms with van der Waals surface area (Å²) >= 11 is 37.5. The predicted octanol–water partition coefficient (Wildman–Crippen LogP) is 9.00. The van der Waals surface area contributed by atoms with Crippen LogP contribution in [0.15, 0.2) is 72.4 Å². The number of benzene rings is 3. The van der Waals surface area contributed by atoms with E-state index in [2.05, 4.69) is 10.1 Å². The Morgan fingerprint density at radius 2 is 1.39 bits per heavy atom. The summed E-state index contributed by atoms with van der Waals surface area (Å²) in [4.78, 5) is 9.71. The Bertz CT molecular complexity index is 1370. The molecule has 0 aliphatic carbocycles. The molecule has 0 spiro atoms. The van der Waals surface area contributed by atoms with Gasteiger partial charge in [-0.1, -0.05) is 86.9 Å². The van der Waals surface area contributed by atoms with E-state index >= 15 is 0 Å². The average molecular weight is 604 g/mol. The van der Waals surface area contributed by atoms with Gasteiger partial charge in [-0.2, -0.15) is 0 Å².